The van der Waals surface area contributed by atoms with E-state index >= 15 is 0 Å². The number of aryl methyl sites for hydroxylation is 1. The molecule has 1 heteroatoms. The first-order valence-corrected chi connectivity index (χ1v) is 15.1. The molecule has 0 aliphatic heterocycles. The highest BCUT2D eigenvalue weighted by atomic mass is 15.0. The van der Waals surface area contributed by atoms with Gasteiger partial charge in [-0.2, -0.15) is 0 Å². The molecule has 1 nitrogen and oxygen atoms in total. The van der Waals surface area contributed by atoms with Crippen LogP contribution in [0.5, 0.6) is 0 Å². The molecule has 1 aliphatic carbocycles. The fourth-order valence-electron chi connectivity index (χ4n) is 7.57. The second-order valence-electron chi connectivity index (χ2n) is 12.2. The number of rotatable bonds is 4. The van der Waals surface area contributed by atoms with Crippen LogP contribution in [0.2, 0.25) is 0 Å². The van der Waals surface area contributed by atoms with E-state index in [-0.39, 0.29) is 5.41 Å². The molecule has 206 valence electrons. The highest BCUT2D eigenvalue weighted by Crippen LogP contribution is 2.53. The molecule has 0 atom stereocenters. The lowest BCUT2D eigenvalue weighted by molar-refractivity contribution is 0.645. The summed E-state index contributed by atoms with van der Waals surface area (Å²) in [6.45, 7) is 10.9. The Kier molecular flexibility index (Phi) is 5.61. The van der Waals surface area contributed by atoms with Gasteiger partial charge >= 0.3 is 0 Å². The summed E-state index contributed by atoms with van der Waals surface area (Å²) >= 11 is 0. The molecule has 0 radical (unpaired) electrons. The third-order valence-electron chi connectivity index (χ3n) is 9.55. The summed E-state index contributed by atoms with van der Waals surface area (Å²) in [5.41, 5.74) is 12.8. The molecule has 0 unspecified atom stereocenters. The molecule has 1 aromatic heterocycles. The van der Waals surface area contributed by atoms with E-state index in [1.54, 1.807) is 0 Å². The Balaban J connectivity index is 1.49. The highest BCUT2D eigenvalue weighted by Gasteiger charge is 2.35. The molecule has 0 saturated carbocycles. The minimum absolute atomic E-state index is 0.0946. The van der Waals surface area contributed by atoms with Gasteiger partial charge in [0.25, 0.3) is 0 Å². The Morgan fingerprint density at radius 3 is 2.12 bits per heavy atom. The molecule has 7 aromatic rings. The Morgan fingerprint density at radius 1 is 0.651 bits per heavy atom. The molecule has 0 spiro atoms. The van der Waals surface area contributed by atoms with Crippen molar-refractivity contribution in [2.45, 2.75) is 26.2 Å². The monoisotopic (exact) mass is 551 g/mol. The molecule has 0 N–H and O–H groups in total. The van der Waals surface area contributed by atoms with E-state index in [4.69, 9.17) is 0 Å². The molecule has 0 bridgehead atoms. The summed E-state index contributed by atoms with van der Waals surface area (Å²) in [6.07, 6.45) is 6.05. The van der Waals surface area contributed by atoms with E-state index < -0.39 is 0 Å². The van der Waals surface area contributed by atoms with E-state index in [0.29, 0.717) is 0 Å². The third-order valence-corrected chi connectivity index (χ3v) is 9.55. The van der Waals surface area contributed by atoms with Crippen molar-refractivity contribution >= 4 is 38.5 Å². The van der Waals surface area contributed by atoms with Crippen LogP contribution in [0.25, 0.3) is 66.5 Å². The molecule has 8 rings (SSSR count). The van der Waals surface area contributed by atoms with Gasteiger partial charge in [-0.25, -0.2) is 0 Å². The van der Waals surface area contributed by atoms with Gasteiger partial charge in [0.2, 0.25) is 0 Å². The molecule has 1 aliphatic rings. The minimum Gasteiger partial charge on any atom is -0.310 e. The normalized spacial score (nSPS) is 13.7. The van der Waals surface area contributed by atoms with Crippen molar-refractivity contribution < 1.29 is 0 Å². The number of nitrogens with zero attached hydrogens (tertiary/aromatic N) is 1. The first-order chi connectivity index (χ1) is 21.0. The van der Waals surface area contributed by atoms with Crippen LogP contribution in [0.3, 0.4) is 0 Å². The van der Waals surface area contributed by atoms with Crippen molar-refractivity contribution in [1.82, 2.24) is 4.57 Å². The average Bonchev–Trinajstić information content (AvgIpc) is 3.32. The summed E-state index contributed by atoms with van der Waals surface area (Å²) in [5, 5.41) is 6.57. The van der Waals surface area contributed by atoms with Crippen LogP contribution in [0, 0.1) is 6.92 Å². The second-order valence-corrected chi connectivity index (χ2v) is 12.2. The maximum atomic E-state index is 3.93. The van der Waals surface area contributed by atoms with Gasteiger partial charge in [-0.15, -0.1) is 0 Å². The molecule has 0 amide bonds. The van der Waals surface area contributed by atoms with Crippen LogP contribution < -0.4 is 0 Å². The Labute approximate surface area is 253 Å². The van der Waals surface area contributed by atoms with Gasteiger partial charge < -0.3 is 4.57 Å². The predicted molar refractivity (Wildman–Crippen MR) is 185 cm³/mol. The SMILES string of the molecule is C=C/C=C\c1c(C)c2cc(-c3c4ccccc4c4c5c(cccc35)C(C)(C)c3ccccc3-4)ccc2n1-c1ccccc1. The molecule has 6 aromatic carbocycles. The Bertz CT molecular complexity index is 2270. The highest BCUT2D eigenvalue weighted by molar-refractivity contribution is 6.24. The minimum atomic E-state index is -0.0946. The number of fused-ring (bicyclic) bond motifs is 5. The first-order valence-electron chi connectivity index (χ1n) is 15.1. The van der Waals surface area contributed by atoms with Gasteiger partial charge in [-0.05, 0) is 97.8 Å². The van der Waals surface area contributed by atoms with Crippen LogP contribution in [-0.4, -0.2) is 4.57 Å². The zero-order valence-electron chi connectivity index (χ0n) is 24.9. The van der Waals surface area contributed by atoms with Gasteiger partial charge in [0.1, 0.15) is 0 Å². The molecular weight excluding hydrogens is 518 g/mol. The van der Waals surface area contributed by atoms with Gasteiger partial charge in [0.15, 0.2) is 0 Å². The molecule has 0 saturated heterocycles. The zero-order chi connectivity index (χ0) is 29.3. The van der Waals surface area contributed by atoms with Crippen molar-refractivity contribution in [1.29, 1.82) is 0 Å². The number of benzene rings is 6. The second kappa shape index (κ2) is 9.44. The van der Waals surface area contributed by atoms with E-state index in [2.05, 4.69) is 153 Å². The van der Waals surface area contributed by atoms with Crippen LogP contribution in [0.1, 0.15) is 36.2 Å². The van der Waals surface area contributed by atoms with Crippen LogP contribution >= 0.6 is 0 Å². The average molecular weight is 552 g/mol. The smallest absolute Gasteiger partial charge is 0.0537 e. The summed E-state index contributed by atoms with van der Waals surface area (Å²) in [5.74, 6) is 0. The molecule has 0 fully saturated rings. The number of allylic oxidation sites excluding steroid dienone is 2. The molecule has 43 heavy (non-hydrogen) atoms. The standard InChI is InChI=1S/C42H33N/c1-5-6-23-37-27(2)34-26-28(24-25-38(34)43(37)29-15-8-7-9-16-29)39-30-17-10-11-18-31(30)40-32-19-12-13-21-35(32)42(3,4)36-22-14-20-33(39)41(36)40/h5-26H,1H2,2-4H3/b23-6-. The van der Waals surface area contributed by atoms with E-state index in [0.717, 1.165) is 5.69 Å². The number of hydrogen-bond donors (Lipinski definition) is 0. The lowest BCUT2D eigenvalue weighted by Crippen LogP contribution is -2.23. The summed E-state index contributed by atoms with van der Waals surface area (Å²) in [6, 6.07) is 42.6. The van der Waals surface area contributed by atoms with E-state index in [9.17, 15) is 0 Å². The largest absolute Gasteiger partial charge is 0.310 e. The van der Waals surface area contributed by atoms with Crippen molar-refractivity contribution in [2.24, 2.45) is 0 Å². The lowest BCUT2D eigenvalue weighted by atomic mass is 9.67. The zero-order valence-corrected chi connectivity index (χ0v) is 24.9. The fraction of sp³-hybridized carbons (Fsp3) is 0.0952. The van der Waals surface area contributed by atoms with Crippen molar-refractivity contribution in [3.05, 3.63) is 156 Å². The van der Waals surface area contributed by atoms with E-state index in [1.165, 1.54) is 77.1 Å². The third kappa shape index (κ3) is 3.58. The van der Waals surface area contributed by atoms with Crippen molar-refractivity contribution in [3.63, 3.8) is 0 Å². The molecule has 1 heterocycles. The first kappa shape index (κ1) is 25.6. The number of aromatic nitrogens is 1. The Hall–Kier alpha value is -5.14. The molecular formula is C42H33N. The van der Waals surface area contributed by atoms with Crippen molar-refractivity contribution in [2.75, 3.05) is 0 Å². The van der Waals surface area contributed by atoms with E-state index in [1.807, 2.05) is 12.2 Å². The quantitative estimate of drug-likeness (QED) is 0.151. The maximum absolute atomic E-state index is 3.93. The summed E-state index contributed by atoms with van der Waals surface area (Å²) in [7, 11) is 0. The maximum Gasteiger partial charge on any atom is 0.0537 e. The lowest BCUT2D eigenvalue weighted by Gasteiger charge is -2.36. The van der Waals surface area contributed by atoms with Crippen molar-refractivity contribution in [3.8, 4) is 27.9 Å². The Morgan fingerprint density at radius 2 is 1.33 bits per heavy atom. The van der Waals surface area contributed by atoms with Gasteiger partial charge in [0, 0.05) is 22.2 Å². The summed E-state index contributed by atoms with van der Waals surface area (Å²) in [4.78, 5) is 0. The van der Waals surface area contributed by atoms with Crippen LogP contribution in [0.15, 0.2) is 134 Å². The van der Waals surface area contributed by atoms with Gasteiger partial charge in [-0.1, -0.05) is 124 Å². The summed E-state index contributed by atoms with van der Waals surface area (Å²) < 4.78 is 2.36. The van der Waals surface area contributed by atoms with Crippen LogP contribution in [-0.2, 0) is 5.41 Å². The predicted octanol–water partition coefficient (Wildman–Crippen LogP) is 11.4. The topological polar surface area (TPSA) is 4.93 Å². The van der Waals surface area contributed by atoms with Gasteiger partial charge in [0.05, 0.1) is 5.52 Å². The van der Waals surface area contributed by atoms with Crippen LogP contribution in [0.4, 0.5) is 0 Å². The number of hydrogen-bond acceptors (Lipinski definition) is 0. The van der Waals surface area contributed by atoms with Gasteiger partial charge in [-0.3, -0.25) is 0 Å². The fourth-order valence-corrected chi connectivity index (χ4v) is 7.57. The number of para-hydroxylation sites is 1.